The highest BCUT2D eigenvalue weighted by molar-refractivity contribution is 7.89. The van der Waals surface area contributed by atoms with Crippen molar-refractivity contribution < 1.29 is 13.2 Å². The summed E-state index contributed by atoms with van der Waals surface area (Å²) >= 11 is 12.1. The summed E-state index contributed by atoms with van der Waals surface area (Å²) in [6.45, 7) is 4.18. The number of aromatic nitrogens is 2. The van der Waals surface area contributed by atoms with Gasteiger partial charge in [0.05, 0.1) is 17.3 Å². The summed E-state index contributed by atoms with van der Waals surface area (Å²) in [5, 5.41) is 9.17. The summed E-state index contributed by atoms with van der Waals surface area (Å²) in [6, 6.07) is 15.9. The van der Waals surface area contributed by atoms with Gasteiger partial charge < -0.3 is 9.64 Å². The van der Waals surface area contributed by atoms with E-state index in [1.54, 1.807) is 6.07 Å². The Bertz CT molecular complexity index is 1180. The highest BCUT2D eigenvalue weighted by Crippen LogP contribution is 2.29. The van der Waals surface area contributed by atoms with Crippen LogP contribution in [0.4, 0.5) is 5.82 Å². The maximum atomic E-state index is 13.0. The van der Waals surface area contributed by atoms with E-state index in [4.69, 9.17) is 27.9 Å². The number of sulfonamides is 1. The summed E-state index contributed by atoms with van der Waals surface area (Å²) in [7, 11) is -3.73. The Labute approximate surface area is 197 Å². The van der Waals surface area contributed by atoms with Gasteiger partial charge in [-0.05, 0) is 61.5 Å². The topological polar surface area (TPSA) is 75.6 Å². The summed E-state index contributed by atoms with van der Waals surface area (Å²) < 4.78 is 32.9. The van der Waals surface area contributed by atoms with Crippen molar-refractivity contribution in [1.82, 2.24) is 14.5 Å². The van der Waals surface area contributed by atoms with Gasteiger partial charge in [-0.2, -0.15) is 4.31 Å². The number of piperazine rings is 1. The molecule has 2 heterocycles. The van der Waals surface area contributed by atoms with Crippen LogP contribution < -0.4 is 9.64 Å². The molecule has 1 aliphatic heterocycles. The number of halogens is 2. The van der Waals surface area contributed by atoms with E-state index in [0.29, 0.717) is 43.6 Å². The van der Waals surface area contributed by atoms with E-state index < -0.39 is 10.0 Å². The molecule has 10 heteroatoms. The third kappa shape index (κ3) is 4.83. The third-order valence-corrected chi connectivity index (χ3v) is 7.80. The minimum Gasteiger partial charge on any atom is -0.494 e. The molecule has 168 valence electrons. The van der Waals surface area contributed by atoms with E-state index in [1.807, 2.05) is 48.2 Å². The van der Waals surface area contributed by atoms with Crippen LogP contribution in [0.3, 0.4) is 0 Å². The Hall–Kier alpha value is -2.39. The SMILES string of the molecule is CCOc1ccc(-c2ccc(N3CCN(S(=O)(=O)c4cc(Cl)ccc4Cl)CC3)nn2)cc1. The molecule has 1 aliphatic rings. The molecule has 0 N–H and O–H groups in total. The van der Waals surface area contributed by atoms with Crippen molar-refractivity contribution in [2.24, 2.45) is 0 Å². The van der Waals surface area contributed by atoms with Gasteiger partial charge in [0, 0.05) is 36.8 Å². The van der Waals surface area contributed by atoms with Crippen LogP contribution in [-0.4, -0.2) is 55.7 Å². The van der Waals surface area contributed by atoms with Crippen molar-refractivity contribution in [1.29, 1.82) is 0 Å². The van der Waals surface area contributed by atoms with Gasteiger partial charge >= 0.3 is 0 Å². The lowest BCUT2D eigenvalue weighted by atomic mass is 10.1. The zero-order chi connectivity index (χ0) is 22.7. The normalized spacial score (nSPS) is 15.0. The molecule has 32 heavy (non-hydrogen) atoms. The van der Waals surface area contributed by atoms with Crippen molar-refractivity contribution in [2.75, 3.05) is 37.7 Å². The van der Waals surface area contributed by atoms with Gasteiger partial charge in [0.25, 0.3) is 0 Å². The Morgan fingerprint density at radius 2 is 1.66 bits per heavy atom. The second-order valence-electron chi connectivity index (χ2n) is 7.20. The Kier molecular flexibility index (Phi) is 6.85. The molecular weight excluding hydrogens is 471 g/mol. The average molecular weight is 493 g/mol. The first kappa shape index (κ1) is 22.8. The van der Waals surface area contributed by atoms with Crippen molar-refractivity contribution in [3.8, 4) is 17.0 Å². The van der Waals surface area contributed by atoms with E-state index >= 15 is 0 Å². The molecule has 0 spiro atoms. The number of rotatable bonds is 6. The molecule has 7 nitrogen and oxygen atoms in total. The molecule has 4 rings (SSSR count). The van der Waals surface area contributed by atoms with E-state index in [9.17, 15) is 8.42 Å². The van der Waals surface area contributed by atoms with Crippen LogP contribution in [0.1, 0.15) is 6.92 Å². The average Bonchev–Trinajstić information content (AvgIpc) is 2.81. The molecule has 0 atom stereocenters. The molecule has 0 saturated carbocycles. The maximum absolute atomic E-state index is 13.0. The van der Waals surface area contributed by atoms with Crippen molar-refractivity contribution in [2.45, 2.75) is 11.8 Å². The molecular formula is C22H22Cl2N4O3S. The lowest BCUT2D eigenvalue weighted by Crippen LogP contribution is -2.49. The minimum atomic E-state index is -3.73. The van der Waals surface area contributed by atoms with Gasteiger partial charge in [-0.3, -0.25) is 0 Å². The molecule has 1 aromatic heterocycles. The number of ether oxygens (including phenoxy) is 1. The standard InChI is InChI=1S/C22H22Cl2N4O3S/c1-2-31-18-6-3-16(4-7-18)20-9-10-22(26-25-20)27-11-13-28(14-12-27)32(29,30)21-15-17(23)5-8-19(21)24/h3-10,15H,2,11-14H2,1H3. The predicted molar refractivity (Wildman–Crippen MR) is 126 cm³/mol. The number of benzene rings is 2. The van der Waals surface area contributed by atoms with Crippen LogP contribution in [0, 0.1) is 0 Å². The number of anilines is 1. The number of hydrogen-bond donors (Lipinski definition) is 0. The lowest BCUT2D eigenvalue weighted by Gasteiger charge is -2.34. The van der Waals surface area contributed by atoms with Gasteiger partial charge in [-0.25, -0.2) is 8.42 Å². The monoisotopic (exact) mass is 492 g/mol. The highest BCUT2D eigenvalue weighted by atomic mass is 35.5. The van der Waals surface area contributed by atoms with Crippen LogP contribution in [0.15, 0.2) is 59.5 Å². The first-order valence-corrected chi connectivity index (χ1v) is 12.3. The summed E-state index contributed by atoms with van der Waals surface area (Å²) in [5.41, 5.74) is 1.70. The van der Waals surface area contributed by atoms with Crippen molar-refractivity contribution >= 4 is 39.0 Å². The fraction of sp³-hybridized carbons (Fsp3) is 0.273. The number of nitrogens with zero attached hydrogens (tertiary/aromatic N) is 4. The Balaban J connectivity index is 1.42. The quantitative estimate of drug-likeness (QED) is 0.508. The van der Waals surface area contributed by atoms with Crippen LogP contribution >= 0.6 is 23.2 Å². The summed E-state index contributed by atoms with van der Waals surface area (Å²) in [4.78, 5) is 2.04. The third-order valence-electron chi connectivity index (χ3n) is 5.19. The lowest BCUT2D eigenvalue weighted by molar-refractivity contribution is 0.340. The largest absolute Gasteiger partial charge is 0.494 e. The summed E-state index contributed by atoms with van der Waals surface area (Å²) in [5.74, 6) is 1.52. The van der Waals surface area contributed by atoms with Crippen LogP contribution in [0.2, 0.25) is 10.0 Å². The van der Waals surface area contributed by atoms with Crippen molar-refractivity contribution in [3.63, 3.8) is 0 Å². The molecule has 0 bridgehead atoms. The molecule has 0 amide bonds. The van der Waals surface area contributed by atoms with Gasteiger partial charge in [0.1, 0.15) is 10.6 Å². The smallest absolute Gasteiger partial charge is 0.244 e. The van der Waals surface area contributed by atoms with E-state index in [-0.39, 0.29) is 9.92 Å². The molecule has 2 aromatic carbocycles. The zero-order valence-corrected chi connectivity index (χ0v) is 19.7. The predicted octanol–water partition coefficient (Wildman–Crippen LogP) is 4.36. The Morgan fingerprint density at radius 3 is 2.28 bits per heavy atom. The highest BCUT2D eigenvalue weighted by Gasteiger charge is 2.30. The van der Waals surface area contributed by atoms with Crippen LogP contribution in [0.25, 0.3) is 11.3 Å². The molecule has 0 radical (unpaired) electrons. The van der Waals surface area contributed by atoms with E-state index in [2.05, 4.69) is 10.2 Å². The molecule has 0 aliphatic carbocycles. The molecule has 0 unspecified atom stereocenters. The van der Waals surface area contributed by atoms with E-state index in [1.165, 1.54) is 16.4 Å². The maximum Gasteiger partial charge on any atom is 0.244 e. The Morgan fingerprint density at radius 1 is 0.938 bits per heavy atom. The van der Waals surface area contributed by atoms with Crippen molar-refractivity contribution in [3.05, 3.63) is 64.6 Å². The number of hydrogen-bond acceptors (Lipinski definition) is 6. The van der Waals surface area contributed by atoms with E-state index in [0.717, 1.165) is 17.0 Å². The van der Waals surface area contributed by atoms with Crippen LogP contribution in [-0.2, 0) is 10.0 Å². The minimum absolute atomic E-state index is 0.0274. The van der Waals surface area contributed by atoms with Gasteiger partial charge in [-0.1, -0.05) is 23.2 Å². The van der Waals surface area contributed by atoms with Gasteiger partial charge in [0.2, 0.25) is 10.0 Å². The van der Waals surface area contributed by atoms with Gasteiger partial charge in [0.15, 0.2) is 5.82 Å². The zero-order valence-electron chi connectivity index (χ0n) is 17.4. The molecule has 1 fully saturated rings. The molecule has 3 aromatic rings. The first-order valence-electron chi connectivity index (χ1n) is 10.2. The summed E-state index contributed by atoms with van der Waals surface area (Å²) in [6.07, 6.45) is 0. The fourth-order valence-corrected chi connectivity index (χ4v) is 5.67. The van der Waals surface area contributed by atoms with Gasteiger partial charge in [-0.15, -0.1) is 10.2 Å². The molecule has 1 saturated heterocycles. The second-order valence-corrected chi connectivity index (χ2v) is 9.95. The first-order chi connectivity index (χ1) is 15.4. The fourth-order valence-electron chi connectivity index (χ4n) is 3.51. The van der Waals surface area contributed by atoms with Crippen LogP contribution in [0.5, 0.6) is 5.75 Å². The second kappa shape index (κ2) is 9.62.